The highest BCUT2D eigenvalue weighted by atomic mass is 15.2. The van der Waals surface area contributed by atoms with Crippen molar-refractivity contribution in [2.24, 2.45) is 0 Å². The smallest absolute Gasteiger partial charge is 0.238 e. The maximum atomic E-state index is 5.27. The molecule has 8 aromatic carbocycles. The molecular formula is C53H36N6. The van der Waals surface area contributed by atoms with Crippen LogP contribution >= 0.6 is 0 Å². The lowest BCUT2D eigenvalue weighted by atomic mass is 10.1. The summed E-state index contributed by atoms with van der Waals surface area (Å²) in [6.45, 7) is 4.20. The molecule has 0 aliphatic heterocycles. The van der Waals surface area contributed by atoms with E-state index in [1.165, 1.54) is 43.6 Å². The molecule has 0 amide bonds. The van der Waals surface area contributed by atoms with Crippen molar-refractivity contribution in [3.8, 4) is 40.1 Å². The van der Waals surface area contributed by atoms with Gasteiger partial charge in [-0.3, -0.25) is 4.57 Å². The topological polar surface area (TPSA) is 53.5 Å². The summed E-state index contributed by atoms with van der Waals surface area (Å²) in [6.07, 6.45) is 0. The molecule has 0 aliphatic rings. The average molecular weight is 757 g/mol. The van der Waals surface area contributed by atoms with E-state index in [4.69, 9.17) is 15.0 Å². The maximum absolute atomic E-state index is 5.27. The Hall–Kier alpha value is -7.83. The largest absolute Gasteiger partial charge is 0.309 e. The number of benzene rings is 8. The molecule has 0 aliphatic carbocycles. The summed E-state index contributed by atoms with van der Waals surface area (Å²) in [5.41, 5.74) is 13.1. The van der Waals surface area contributed by atoms with E-state index in [9.17, 15) is 0 Å². The number of para-hydroxylation sites is 4. The third kappa shape index (κ3) is 5.16. The summed E-state index contributed by atoms with van der Waals surface area (Å²) in [5, 5.41) is 7.15. The van der Waals surface area contributed by atoms with Crippen molar-refractivity contribution in [2.75, 3.05) is 0 Å². The quantitative estimate of drug-likeness (QED) is 0.176. The third-order valence-corrected chi connectivity index (χ3v) is 11.8. The molecule has 278 valence electrons. The number of aromatic nitrogens is 6. The van der Waals surface area contributed by atoms with Crippen molar-refractivity contribution in [3.05, 3.63) is 193 Å². The predicted octanol–water partition coefficient (Wildman–Crippen LogP) is 13.1. The molecule has 0 bridgehead atoms. The van der Waals surface area contributed by atoms with E-state index >= 15 is 0 Å². The Bertz CT molecular complexity index is 3320. The van der Waals surface area contributed by atoms with E-state index in [1.54, 1.807) is 0 Å². The second-order valence-corrected chi connectivity index (χ2v) is 15.5. The summed E-state index contributed by atoms with van der Waals surface area (Å²) in [5.74, 6) is 1.84. The third-order valence-electron chi connectivity index (χ3n) is 11.8. The van der Waals surface area contributed by atoms with Crippen LogP contribution in [-0.2, 0) is 0 Å². The summed E-state index contributed by atoms with van der Waals surface area (Å²) in [6, 6.07) is 65.1. The molecule has 59 heavy (non-hydrogen) atoms. The number of aryl methyl sites for hydroxylation is 2. The maximum Gasteiger partial charge on any atom is 0.238 e. The van der Waals surface area contributed by atoms with Crippen LogP contribution in [0.1, 0.15) is 11.1 Å². The summed E-state index contributed by atoms with van der Waals surface area (Å²) in [4.78, 5) is 15.6. The highest BCUT2D eigenvalue weighted by Gasteiger charge is 2.21. The van der Waals surface area contributed by atoms with E-state index in [0.29, 0.717) is 17.6 Å². The van der Waals surface area contributed by atoms with Gasteiger partial charge >= 0.3 is 0 Å². The Morgan fingerprint density at radius 2 is 0.678 bits per heavy atom. The minimum absolute atomic E-state index is 0.572. The zero-order valence-electron chi connectivity index (χ0n) is 32.5. The predicted molar refractivity (Wildman–Crippen MR) is 243 cm³/mol. The minimum Gasteiger partial charge on any atom is -0.309 e. The SMILES string of the molecule is Cc1cccc(-c2nc(-c3cccc(C)c3)nc(-n3c4ccc(-n5c6ccccc6c6ccccc65)cc4c4cc(-n5c6ccccc6c6ccccc65)ccc43)n2)c1. The van der Waals surface area contributed by atoms with Crippen LogP contribution < -0.4 is 0 Å². The molecule has 0 saturated carbocycles. The normalized spacial score (nSPS) is 11.9. The minimum atomic E-state index is 0.572. The van der Waals surface area contributed by atoms with Crippen LogP contribution in [0.4, 0.5) is 0 Å². The first-order chi connectivity index (χ1) is 29.1. The summed E-state index contributed by atoms with van der Waals surface area (Å²) >= 11 is 0. The first kappa shape index (κ1) is 33.3. The van der Waals surface area contributed by atoms with Gasteiger partial charge in [0.2, 0.25) is 5.95 Å². The van der Waals surface area contributed by atoms with Crippen molar-refractivity contribution >= 4 is 65.4 Å². The van der Waals surface area contributed by atoms with Gasteiger partial charge in [0.1, 0.15) is 0 Å². The molecule has 6 heteroatoms. The lowest BCUT2D eigenvalue weighted by Gasteiger charge is -2.12. The van der Waals surface area contributed by atoms with Crippen LogP contribution in [-0.4, -0.2) is 28.7 Å². The lowest BCUT2D eigenvalue weighted by Crippen LogP contribution is -2.06. The fraction of sp³-hybridized carbons (Fsp3) is 0.0377. The van der Waals surface area contributed by atoms with Crippen LogP contribution in [0.2, 0.25) is 0 Å². The van der Waals surface area contributed by atoms with E-state index in [2.05, 4.69) is 210 Å². The molecule has 0 unspecified atom stereocenters. The van der Waals surface area contributed by atoms with Crippen molar-refractivity contribution in [2.45, 2.75) is 13.8 Å². The standard InChI is InChI=1S/C53H36N6/c1-33-13-11-15-35(29-33)51-54-52(36-16-12-14-34(2)30-36)56-53(55-51)59-49-27-25-37(57-45-21-7-3-17-39(45)40-18-4-8-22-46(40)57)31-43(49)44-32-38(26-28-50(44)59)58-47-23-9-5-19-41(47)42-20-6-10-24-48(42)58/h3-32H,1-2H3. The molecule has 0 atom stereocenters. The van der Waals surface area contributed by atoms with Gasteiger partial charge in [-0.1, -0.05) is 120 Å². The number of nitrogens with zero attached hydrogens (tertiary/aromatic N) is 6. The Balaban J connectivity index is 1.18. The van der Waals surface area contributed by atoms with Crippen molar-refractivity contribution < 1.29 is 0 Å². The molecular weight excluding hydrogens is 721 g/mol. The van der Waals surface area contributed by atoms with Crippen molar-refractivity contribution in [3.63, 3.8) is 0 Å². The Morgan fingerprint density at radius 1 is 0.305 bits per heavy atom. The zero-order valence-corrected chi connectivity index (χ0v) is 32.5. The zero-order chi connectivity index (χ0) is 39.2. The lowest BCUT2D eigenvalue weighted by molar-refractivity contribution is 0.952. The molecule has 4 heterocycles. The second kappa shape index (κ2) is 12.8. The number of hydrogen-bond acceptors (Lipinski definition) is 3. The Kier molecular flexibility index (Phi) is 7.26. The van der Waals surface area contributed by atoms with Gasteiger partial charge < -0.3 is 9.13 Å². The highest BCUT2D eigenvalue weighted by molar-refractivity contribution is 6.14. The molecule has 4 aromatic heterocycles. The van der Waals surface area contributed by atoms with Crippen molar-refractivity contribution in [1.82, 2.24) is 28.7 Å². The fourth-order valence-electron chi connectivity index (χ4n) is 9.19. The molecule has 0 fully saturated rings. The van der Waals surface area contributed by atoms with Crippen molar-refractivity contribution in [1.29, 1.82) is 0 Å². The summed E-state index contributed by atoms with van der Waals surface area (Å²) < 4.78 is 6.99. The molecule has 0 radical (unpaired) electrons. The highest BCUT2D eigenvalue weighted by Crippen LogP contribution is 2.39. The first-order valence-electron chi connectivity index (χ1n) is 20.0. The Morgan fingerprint density at radius 3 is 1.07 bits per heavy atom. The van der Waals surface area contributed by atoms with Gasteiger partial charge in [-0.25, -0.2) is 4.98 Å². The van der Waals surface area contributed by atoms with E-state index in [0.717, 1.165) is 55.4 Å². The first-order valence-corrected chi connectivity index (χ1v) is 20.0. The molecule has 6 nitrogen and oxygen atoms in total. The second-order valence-electron chi connectivity index (χ2n) is 15.5. The van der Waals surface area contributed by atoms with Crippen LogP contribution in [0.25, 0.3) is 106 Å². The van der Waals surface area contributed by atoms with Gasteiger partial charge in [0.25, 0.3) is 0 Å². The van der Waals surface area contributed by atoms with Gasteiger partial charge in [0.05, 0.1) is 33.1 Å². The molecule has 12 rings (SSSR count). The van der Waals surface area contributed by atoms with Gasteiger partial charge in [-0.05, 0) is 86.6 Å². The van der Waals surface area contributed by atoms with Crippen LogP contribution in [0.15, 0.2) is 182 Å². The van der Waals surface area contributed by atoms with E-state index in [-0.39, 0.29) is 0 Å². The van der Waals surface area contributed by atoms with E-state index in [1.807, 2.05) is 0 Å². The van der Waals surface area contributed by atoms with Gasteiger partial charge in [-0.15, -0.1) is 0 Å². The molecule has 0 N–H and O–H groups in total. The average Bonchev–Trinajstić information content (AvgIpc) is 3.91. The number of hydrogen-bond donors (Lipinski definition) is 0. The monoisotopic (exact) mass is 756 g/mol. The van der Waals surface area contributed by atoms with Gasteiger partial charge in [0, 0.05) is 54.8 Å². The summed E-state index contributed by atoms with van der Waals surface area (Å²) in [7, 11) is 0. The van der Waals surface area contributed by atoms with E-state index < -0.39 is 0 Å². The molecule has 0 spiro atoms. The molecule has 12 aromatic rings. The van der Waals surface area contributed by atoms with Crippen LogP contribution in [0, 0.1) is 13.8 Å². The fourth-order valence-corrected chi connectivity index (χ4v) is 9.19. The number of fused-ring (bicyclic) bond motifs is 9. The van der Waals surface area contributed by atoms with Gasteiger partial charge in [-0.2, -0.15) is 9.97 Å². The Labute approximate surface area is 339 Å². The van der Waals surface area contributed by atoms with Crippen LogP contribution in [0.5, 0.6) is 0 Å². The van der Waals surface area contributed by atoms with Crippen LogP contribution in [0.3, 0.4) is 0 Å². The number of rotatable bonds is 5. The van der Waals surface area contributed by atoms with Gasteiger partial charge in [0.15, 0.2) is 11.6 Å². The molecule has 0 saturated heterocycles.